The molecule has 5 amide bonds. The second-order valence-corrected chi connectivity index (χ2v) is 12.4. The molecular formula is C32H45N3O11. The number of amides is 5. The van der Waals surface area contributed by atoms with Crippen LogP contribution >= 0.6 is 0 Å². The molecule has 2 unspecified atom stereocenters. The minimum absolute atomic E-state index is 0.0707. The molecule has 3 heterocycles. The van der Waals surface area contributed by atoms with Gasteiger partial charge < -0.3 is 24.0 Å². The number of hydrogen-bond donors (Lipinski definition) is 0. The fourth-order valence-corrected chi connectivity index (χ4v) is 5.74. The number of hydroxylamine groups is 4. The number of likely N-dealkylation sites (tertiary alicyclic amines) is 1. The Kier molecular flexibility index (Phi) is 13.3. The molecule has 3 rings (SSSR count). The van der Waals surface area contributed by atoms with Crippen molar-refractivity contribution in [3.63, 3.8) is 0 Å². The maximum atomic E-state index is 13.4. The van der Waals surface area contributed by atoms with Crippen molar-refractivity contribution in [2.75, 3.05) is 26.3 Å². The van der Waals surface area contributed by atoms with Crippen molar-refractivity contribution in [1.82, 2.24) is 15.0 Å². The van der Waals surface area contributed by atoms with Gasteiger partial charge in [-0.05, 0) is 44.4 Å². The average Bonchev–Trinajstić information content (AvgIpc) is 3.50. The van der Waals surface area contributed by atoms with Crippen molar-refractivity contribution in [2.24, 2.45) is 5.41 Å². The summed E-state index contributed by atoms with van der Waals surface area (Å²) in [5, 5.41) is 0.875. The summed E-state index contributed by atoms with van der Waals surface area (Å²) in [5.41, 5.74) is -1.51. The highest BCUT2D eigenvalue weighted by atomic mass is 16.7. The summed E-state index contributed by atoms with van der Waals surface area (Å²) in [7, 11) is 0. The molecule has 0 aromatic carbocycles. The van der Waals surface area contributed by atoms with Gasteiger partial charge in [0.15, 0.2) is 0 Å². The summed E-state index contributed by atoms with van der Waals surface area (Å²) in [6.45, 7) is 7.00. The van der Waals surface area contributed by atoms with Gasteiger partial charge in [-0.2, -0.15) is 0 Å². The van der Waals surface area contributed by atoms with Gasteiger partial charge in [0, 0.05) is 45.4 Å². The number of carbonyl (C=O) groups excluding carboxylic acids is 7. The zero-order chi connectivity index (χ0) is 33.9. The zero-order valence-electron chi connectivity index (χ0n) is 27.0. The Morgan fingerprint density at radius 1 is 0.891 bits per heavy atom. The van der Waals surface area contributed by atoms with Crippen LogP contribution < -0.4 is 0 Å². The molecule has 3 fully saturated rings. The fraction of sp³-hybridized carbons (Fsp3) is 0.719. The van der Waals surface area contributed by atoms with Crippen molar-refractivity contribution in [1.29, 1.82) is 0 Å². The van der Waals surface area contributed by atoms with Crippen LogP contribution in [0.3, 0.4) is 0 Å². The second-order valence-electron chi connectivity index (χ2n) is 12.4. The normalized spacial score (nSPS) is 20.0. The molecule has 3 aliphatic heterocycles. The molecule has 254 valence electrons. The Balaban J connectivity index is 1.63. The number of piperidine rings is 1. The van der Waals surface area contributed by atoms with Gasteiger partial charge >= 0.3 is 11.9 Å². The Bertz CT molecular complexity index is 1130. The van der Waals surface area contributed by atoms with Crippen LogP contribution in [0.1, 0.15) is 104 Å². The number of ether oxygens (including phenoxy) is 2. The lowest BCUT2D eigenvalue weighted by Crippen LogP contribution is -2.47. The van der Waals surface area contributed by atoms with Gasteiger partial charge in [0.1, 0.15) is 6.61 Å². The van der Waals surface area contributed by atoms with Crippen LogP contribution in [0.25, 0.3) is 0 Å². The second kappa shape index (κ2) is 16.6. The number of rotatable bonds is 17. The third-order valence-corrected chi connectivity index (χ3v) is 8.86. The lowest BCUT2D eigenvalue weighted by atomic mass is 9.73. The van der Waals surface area contributed by atoms with Gasteiger partial charge in [-0.3, -0.25) is 24.0 Å². The molecule has 0 spiro atoms. The highest BCUT2D eigenvalue weighted by molar-refractivity contribution is 6.02. The first kappa shape index (κ1) is 36.6. The molecule has 0 N–H and O–H groups in total. The summed E-state index contributed by atoms with van der Waals surface area (Å²) in [6.07, 6.45) is 7.41. The van der Waals surface area contributed by atoms with E-state index >= 15 is 0 Å². The van der Waals surface area contributed by atoms with Crippen molar-refractivity contribution < 1.29 is 52.7 Å². The molecule has 2 atom stereocenters. The molecule has 0 aromatic heterocycles. The number of terminal acetylenes is 1. The van der Waals surface area contributed by atoms with Crippen molar-refractivity contribution in [3.8, 4) is 12.3 Å². The highest BCUT2D eigenvalue weighted by Crippen LogP contribution is 2.40. The standard InChI is InChI=1S/C32H45N3O11/c1-5-8-23(43-19-15-31(4,7-3)44-18-6-2)20-28(40)33-16-13-32(14-17-33,21-29(41)45-34-24(36)9-10-25(34)37)22-30(42)46-35-26(38)11-12-27(35)39/h2,23H,5,7-22H2,1,3-4H3. The quantitative estimate of drug-likeness (QED) is 0.168. The van der Waals surface area contributed by atoms with Gasteiger partial charge in [-0.15, -0.1) is 16.5 Å². The van der Waals surface area contributed by atoms with E-state index in [9.17, 15) is 33.6 Å². The minimum atomic E-state index is -1.08. The van der Waals surface area contributed by atoms with E-state index in [-0.39, 0.29) is 89.5 Å². The zero-order valence-corrected chi connectivity index (χ0v) is 27.0. The van der Waals surface area contributed by atoms with E-state index in [1.54, 1.807) is 4.90 Å². The number of hydrogen-bond acceptors (Lipinski definition) is 11. The van der Waals surface area contributed by atoms with Crippen LogP contribution in [-0.2, 0) is 52.7 Å². The Morgan fingerprint density at radius 2 is 1.39 bits per heavy atom. The molecule has 0 radical (unpaired) electrons. The SMILES string of the molecule is C#CCOC(C)(CC)CCOC(CCC)CC(=O)N1CCC(CC(=O)ON2C(=O)CCC2=O)(CC(=O)ON2C(=O)CCC2=O)CC1. The molecule has 3 aliphatic rings. The van der Waals surface area contributed by atoms with E-state index in [1.165, 1.54) is 0 Å². The van der Waals surface area contributed by atoms with E-state index < -0.39 is 46.6 Å². The van der Waals surface area contributed by atoms with Gasteiger partial charge in [0.2, 0.25) is 5.91 Å². The molecule has 0 aliphatic carbocycles. The first-order valence-electron chi connectivity index (χ1n) is 15.9. The predicted octanol–water partition coefficient (Wildman–Crippen LogP) is 2.37. The van der Waals surface area contributed by atoms with Crippen molar-refractivity contribution in [3.05, 3.63) is 0 Å². The Morgan fingerprint density at radius 3 is 1.83 bits per heavy atom. The summed E-state index contributed by atoms with van der Waals surface area (Å²) < 4.78 is 11.9. The fourth-order valence-electron chi connectivity index (χ4n) is 5.74. The molecule has 0 saturated carbocycles. The van der Waals surface area contributed by atoms with Crippen LogP contribution in [0.15, 0.2) is 0 Å². The third kappa shape index (κ3) is 10.1. The van der Waals surface area contributed by atoms with Crippen LogP contribution in [-0.4, -0.2) is 94.5 Å². The molecule has 0 bridgehead atoms. The molecule has 14 nitrogen and oxygen atoms in total. The first-order chi connectivity index (χ1) is 21.8. The molecular weight excluding hydrogens is 602 g/mol. The summed E-state index contributed by atoms with van der Waals surface area (Å²) >= 11 is 0. The monoisotopic (exact) mass is 647 g/mol. The number of imide groups is 2. The first-order valence-corrected chi connectivity index (χ1v) is 15.9. The van der Waals surface area contributed by atoms with Crippen LogP contribution in [0.4, 0.5) is 0 Å². The largest absolute Gasteiger partial charge is 0.378 e. The summed E-state index contributed by atoms with van der Waals surface area (Å²) in [5.74, 6) is -2.00. The minimum Gasteiger partial charge on any atom is -0.378 e. The maximum absolute atomic E-state index is 13.4. The van der Waals surface area contributed by atoms with E-state index in [0.29, 0.717) is 29.6 Å². The molecule has 3 saturated heterocycles. The molecule has 14 heteroatoms. The van der Waals surface area contributed by atoms with Gasteiger partial charge in [-0.25, -0.2) is 9.59 Å². The van der Waals surface area contributed by atoms with Crippen LogP contribution in [0, 0.1) is 17.8 Å². The molecule has 0 aromatic rings. The van der Waals surface area contributed by atoms with Crippen molar-refractivity contribution >= 4 is 41.5 Å². The Labute approximate surface area is 269 Å². The van der Waals surface area contributed by atoms with Crippen LogP contribution in [0.2, 0.25) is 0 Å². The highest BCUT2D eigenvalue weighted by Gasteiger charge is 2.44. The number of carbonyl (C=O) groups is 7. The van der Waals surface area contributed by atoms with E-state index in [1.807, 2.05) is 20.8 Å². The van der Waals surface area contributed by atoms with Gasteiger partial charge in [0.25, 0.3) is 23.6 Å². The van der Waals surface area contributed by atoms with E-state index in [2.05, 4.69) is 5.92 Å². The van der Waals surface area contributed by atoms with Gasteiger partial charge in [-0.1, -0.05) is 26.2 Å². The number of nitrogens with zero attached hydrogens (tertiary/aromatic N) is 3. The maximum Gasteiger partial charge on any atom is 0.333 e. The average molecular weight is 648 g/mol. The lowest BCUT2D eigenvalue weighted by molar-refractivity contribution is -0.203. The third-order valence-electron chi connectivity index (χ3n) is 8.86. The van der Waals surface area contributed by atoms with E-state index in [0.717, 1.165) is 12.8 Å². The predicted molar refractivity (Wildman–Crippen MR) is 159 cm³/mol. The topological polar surface area (TPSA) is 166 Å². The van der Waals surface area contributed by atoms with E-state index in [4.69, 9.17) is 25.6 Å². The van der Waals surface area contributed by atoms with Crippen molar-refractivity contribution in [2.45, 2.75) is 116 Å². The molecule has 46 heavy (non-hydrogen) atoms. The lowest BCUT2D eigenvalue weighted by Gasteiger charge is -2.41. The van der Waals surface area contributed by atoms with Crippen LogP contribution in [0.5, 0.6) is 0 Å². The summed E-state index contributed by atoms with van der Waals surface area (Å²) in [6, 6.07) is 0. The van der Waals surface area contributed by atoms with Gasteiger partial charge in [0.05, 0.1) is 31.0 Å². The summed E-state index contributed by atoms with van der Waals surface area (Å²) in [4.78, 5) is 98.8. The Hall–Kier alpha value is -3.83. The smallest absolute Gasteiger partial charge is 0.333 e.